The third-order valence-electron chi connectivity index (χ3n) is 4.93. The van der Waals surface area contributed by atoms with Crippen LogP contribution in [0.25, 0.3) is 0 Å². The van der Waals surface area contributed by atoms with Crippen LogP contribution in [0.2, 0.25) is 0 Å². The number of carbonyl (C=O) groups excluding carboxylic acids is 3. The van der Waals surface area contributed by atoms with Gasteiger partial charge in [0.25, 0.3) is 11.8 Å². The quantitative estimate of drug-likeness (QED) is 0.834. The zero-order valence-electron chi connectivity index (χ0n) is 16.3. The summed E-state index contributed by atoms with van der Waals surface area (Å²) in [4.78, 5) is 40.3. The monoisotopic (exact) mass is 379 g/mol. The zero-order valence-corrected chi connectivity index (χ0v) is 16.3. The number of benzene rings is 2. The van der Waals surface area contributed by atoms with Crippen LogP contribution in [-0.4, -0.2) is 42.3 Å². The second-order valence-electron chi connectivity index (χ2n) is 6.71. The molecule has 1 aliphatic heterocycles. The van der Waals surface area contributed by atoms with Crippen molar-refractivity contribution in [3.8, 4) is 0 Å². The lowest BCUT2D eigenvalue weighted by Crippen LogP contribution is -2.30. The standard InChI is InChI=1S/C22H25N3O3/c1-3-24(4-2)22(28)16-10-12-18(13-11-16)23-21(27)17-7-5-8-19(15-17)25-14-6-9-20(25)26/h5,7-8,10-13,15H,3-4,6,9,14H2,1-2H3,(H,23,27). The Labute approximate surface area is 165 Å². The van der Waals surface area contributed by atoms with Crippen molar-refractivity contribution in [3.05, 3.63) is 59.7 Å². The van der Waals surface area contributed by atoms with E-state index in [0.29, 0.717) is 42.9 Å². The fraction of sp³-hybridized carbons (Fsp3) is 0.318. The highest BCUT2D eigenvalue weighted by Gasteiger charge is 2.22. The fourth-order valence-corrected chi connectivity index (χ4v) is 3.33. The first-order chi connectivity index (χ1) is 13.5. The lowest BCUT2D eigenvalue weighted by molar-refractivity contribution is -0.117. The van der Waals surface area contributed by atoms with Gasteiger partial charge in [-0.2, -0.15) is 0 Å². The van der Waals surface area contributed by atoms with Crippen molar-refractivity contribution in [3.63, 3.8) is 0 Å². The molecule has 2 aromatic rings. The van der Waals surface area contributed by atoms with Crippen molar-refractivity contribution in [1.82, 2.24) is 4.90 Å². The van der Waals surface area contributed by atoms with Gasteiger partial charge in [0.1, 0.15) is 0 Å². The van der Waals surface area contributed by atoms with Crippen molar-refractivity contribution >= 4 is 29.1 Å². The van der Waals surface area contributed by atoms with Gasteiger partial charge in [-0.05, 0) is 62.7 Å². The molecule has 1 aliphatic rings. The van der Waals surface area contributed by atoms with Gasteiger partial charge in [-0.25, -0.2) is 0 Å². The molecule has 0 unspecified atom stereocenters. The van der Waals surface area contributed by atoms with E-state index in [0.717, 1.165) is 12.1 Å². The topological polar surface area (TPSA) is 69.7 Å². The molecule has 0 aromatic heterocycles. The van der Waals surface area contributed by atoms with Crippen molar-refractivity contribution in [2.45, 2.75) is 26.7 Å². The maximum Gasteiger partial charge on any atom is 0.255 e. The number of nitrogens with zero attached hydrogens (tertiary/aromatic N) is 2. The molecule has 0 atom stereocenters. The van der Waals surface area contributed by atoms with E-state index in [1.165, 1.54) is 0 Å². The van der Waals surface area contributed by atoms with E-state index in [4.69, 9.17) is 0 Å². The van der Waals surface area contributed by atoms with Gasteiger partial charge in [0, 0.05) is 48.6 Å². The van der Waals surface area contributed by atoms with Crippen LogP contribution < -0.4 is 10.2 Å². The summed E-state index contributed by atoms with van der Waals surface area (Å²) in [5.74, 6) is -0.187. The first-order valence-electron chi connectivity index (χ1n) is 9.64. The molecule has 0 aliphatic carbocycles. The largest absolute Gasteiger partial charge is 0.339 e. The van der Waals surface area contributed by atoms with Gasteiger partial charge in [-0.15, -0.1) is 0 Å². The second kappa shape index (κ2) is 8.69. The van der Waals surface area contributed by atoms with Crippen molar-refractivity contribution < 1.29 is 14.4 Å². The van der Waals surface area contributed by atoms with E-state index in [1.807, 2.05) is 19.9 Å². The predicted molar refractivity (Wildman–Crippen MR) is 110 cm³/mol. The van der Waals surface area contributed by atoms with Crippen molar-refractivity contribution in [1.29, 1.82) is 0 Å². The molecule has 0 bridgehead atoms. The van der Waals surface area contributed by atoms with Crippen LogP contribution in [0.3, 0.4) is 0 Å². The minimum atomic E-state index is -0.253. The summed E-state index contributed by atoms with van der Waals surface area (Å²) in [7, 11) is 0. The Kier molecular flexibility index (Phi) is 6.09. The number of anilines is 2. The van der Waals surface area contributed by atoms with Crippen LogP contribution in [0.1, 0.15) is 47.4 Å². The molecule has 6 heteroatoms. The van der Waals surface area contributed by atoms with Gasteiger partial charge in [0.05, 0.1) is 0 Å². The minimum Gasteiger partial charge on any atom is -0.339 e. The summed E-state index contributed by atoms with van der Waals surface area (Å²) in [5.41, 5.74) is 2.44. The number of carbonyl (C=O) groups is 3. The van der Waals surface area contributed by atoms with Gasteiger partial charge < -0.3 is 15.1 Å². The summed E-state index contributed by atoms with van der Waals surface area (Å²) in [6.45, 7) is 5.89. The van der Waals surface area contributed by atoms with E-state index in [1.54, 1.807) is 52.3 Å². The third kappa shape index (κ3) is 4.22. The highest BCUT2D eigenvalue weighted by atomic mass is 16.2. The lowest BCUT2D eigenvalue weighted by atomic mass is 10.1. The van der Waals surface area contributed by atoms with Gasteiger partial charge >= 0.3 is 0 Å². The average Bonchev–Trinajstić information content (AvgIpc) is 3.15. The first kappa shape index (κ1) is 19.6. The van der Waals surface area contributed by atoms with Gasteiger partial charge in [0.15, 0.2) is 0 Å². The summed E-state index contributed by atoms with van der Waals surface area (Å²) in [6, 6.07) is 14.0. The molecule has 0 spiro atoms. The summed E-state index contributed by atoms with van der Waals surface area (Å²) in [5, 5.41) is 2.84. The average molecular weight is 379 g/mol. The summed E-state index contributed by atoms with van der Waals surface area (Å²) >= 11 is 0. The number of amides is 3. The van der Waals surface area contributed by atoms with Crippen LogP contribution in [0.15, 0.2) is 48.5 Å². The molecule has 0 saturated carbocycles. The van der Waals surface area contributed by atoms with Gasteiger partial charge in [-0.3, -0.25) is 14.4 Å². The molecular formula is C22H25N3O3. The molecule has 3 rings (SSSR count). The summed E-state index contributed by atoms with van der Waals surface area (Å²) in [6.07, 6.45) is 1.39. The van der Waals surface area contributed by atoms with E-state index in [-0.39, 0.29) is 17.7 Å². The van der Waals surface area contributed by atoms with E-state index in [2.05, 4.69) is 5.32 Å². The van der Waals surface area contributed by atoms with Gasteiger partial charge in [0.2, 0.25) is 5.91 Å². The number of nitrogens with one attached hydrogen (secondary N) is 1. The molecule has 28 heavy (non-hydrogen) atoms. The Balaban J connectivity index is 1.69. The molecule has 146 valence electrons. The smallest absolute Gasteiger partial charge is 0.255 e. The summed E-state index contributed by atoms with van der Waals surface area (Å²) < 4.78 is 0. The molecule has 1 fully saturated rings. The second-order valence-corrected chi connectivity index (χ2v) is 6.71. The highest BCUT2D eigenvalue weighted by molar-refractivity contribution is 6.06. The fourth-order valence-electron chi connectivity index (χ4n) is 3.33. The Bertz CT molecular complexity index is 873. The number of hydrogen-bond acceptors (Lipinski definition) is 3. The normalized spacial score (nSPS) is 13.5. The Morgan fingerprint density at radius 1 is 1.04 bits per heavy atom. The SMILES string of the molecule is CCN(CC)C(=O)c1ccc(NC(=O)c2cccc(N3CCCC3=O)c2)cc1. The first-order valence-corrected chi connectivity index (χ1v) is 9.64. The Morgan fingerprint density at radius 3 is 2.36 bits per heavy atom. The molecule has 1 heterocycles. The minimum absolute atomic E-state index is 0.0224. The zero-order chi connectivity index (χ0) is 20.1. The maximum atomic E-state index is 12.6. The van der Waals surface area contributed by atoms with Crippen LogP contribution in [0.4, 0.5) is 11.4 Å². The maximum absolute atomic E-state index is 12.6. The number of hydrogen-bond donors (Lipinski definition) is 1. The Morgan fingerprint density at radius 2 is 1.75 bits per heavy atom. The van der Waals surface area contributed by atoms with Crippen molar-refractivity contribution in [2.75, 3.05) is 29.9 Å². The third-order valence-corrected chi connectivity index (χ3v) is 4.93. The van der Waals surface area contributed by atoms with Crippen LogP contribution >= 0.6 is 0 Å². The molecule has 6 nitrogen and oxygen atoms in total. The molecule has 3 amide bonds. The molecule has 0 radical (unpaired) electrons. The molecule has 1 saturated heterocycles. The van der Waals surface area contributed by atoms with E-state index >= 15 is 0 Å². The van der Waals surface area contributed by atoms with Gasteiger partial charge in [-0.1, -0.05) is 6.07 Å². The van der Waals surface area contributed by atoms with Crippen LogP contribution in [0.5, 0.6) is 0 Å². The molecule has 2 aromatic carbocycles. The van der Waals surface area contributed by atoms with Crippen LogP contribution in [-0.2, 0) is 4.79 Å². The Hall–Kier alpha value is -3.15. The highest BCUT2D eigenvalue weighted by Crippen LogP contribution is 2.23. The van der Waals surface area contributed by atoms with Crippen LogP contribution in [0, 0.1) is 0 Å². The molecule has 1 N–H and O–H groups in total. The molecular weight excluding hydrogens is 354 g/mol. The van der Waals surface area contributed by atoms with Crippen molar-refractivity contribution in [2.24, 2.45) is 0 Å². The van der Waals surface area contributed by atoms with E-state index < -0.39 is 0 Å². The van der Waals surface area contributed by atoms with E-state index in [9.17, 15) is 14.4 Å². The number of rotatable bonds is 6. The lowest BCUT2D eigenvalue weighted by Gasteiger charge is -2.18. The predicted octanol–water partition coefficient (Wildman–Crippen LogP) is 3.55.